The van der Waals surface area contributed by atoms with E-state index in [-0.39, 0.29) is 5.78 Å². The molecule has 0 aliphatic rings. The molecule has 0 saturated heterocycles. The zero-order valence-corrected chi connectivity index (χ0v) is 8.45. The Hall–Kier alpha value is -1.12. The molecule has 0 spiro atoms. The summed E-state index contributed by atoms with van der Waals surface area (Å²) >= 11 is 0. The van der Waals surface area contributed by atoms with E-state index in [0.717, 1.165) is 12.2 Å². The van der Waals surface area contributed by atoms with E-state index in [9.17, 15) is 4.79 Å². The molecule has 0 atom stereocenters. The van der Waals surface area contributed by atoms with Gasteiger partial charge in [0.1, 0.15) is 5.69 Å². The number of nitrogens with zero attached hydrogens (tertiary/aromatic N) is 2. The molecule has 13 heavy (non-hydrogen) atoms. The van der Waals surface area contributed by atoms with E-state index in [1.165, 1.54) is 0 Å². The maximum atomic E-state index is 11.6. The molecule has 0 radical (unpaired) electrons. The van der Waals surface area contributed by atoms with Crippen LogP contribution in [-0.4, -0.2) is 15.6 Å². The molecular formula is C10H16N2O. The molecule has 1 rings (SSSR count). The van der Waals surface area contributed by atoms with Gasteiger partial charge in [0, 0.05) is 19.2 Å². The van der Waals surface area contributed by atoms with Crippen molar-refractivity contribution in [2.75, 3.05) is 0 Å². The minimum absolute atomic E-state index is 0.189. The van der Waals surface area contributed by atoms with Crippen molar-refractivity contribution in [2.24, 2.45) is 5.92 Å². The zero-order valence-electron chi connectivity index (χ0n) is 8.45. The summed E-state index contributed by atoms with van der Waals surface area (Å²) in [6.45, 7) is 6.83. The summed E-state index contributed by atoms with van der Waals surface area (Å²) in [6, 6.07) is 1.79. The number of aromatic nitrogens is 2. The van der Waals surface area contributed by atoms with Crippen molar-refractivity contribution in [3.63, 3.8) is 0 Å². The Morgan fingerprint density at radius 2 is 2.31 bits per heavy atom. The van der Waals surface area contributed by atoms with Crippen LogP contribution in [0, 0.1) is 5.92 Å². The van der Waals surface area contributed by atoms with E-state index in [0.29, 0.717) is 12.3 Å². The van der Waals surface area contributed by atoms with Gasteiger partial charge >= 0.3 is 0 Å². The summed E-state index contributed by atoms with van der Waals surface area (Å²) in [5.74, 6) is 0.599. The summed E-state index contributed by atoms with van der Waals surface area (Å²) in [5.41, 5.74) is 0.733. The van der Waals surface area contributed by atoms with Gasteiger partial charge in [0.15, 0.2) is 5.78 Å². The lowest BCUT2D eigenvalue weighted by Crippen LogP contribution is -2.11. The fourth-order valence-electron chi connectivity index (χ4n) is 1.30. The average Bonchev–Trinajstić information content (AvgIpc) is 2.49. The van der Waals surface area contributed by atoms with Gasteiger partial charge < -0.3 is 0 Å². The molecule has 0 fully saturated rings. The Morgan fingerprint density at radius 1 is 1.62 bits per heavy atom. The fraction of sp³-hybridized carbons (Fsp3) is 0.600. The standard InChI is InChI=1S/C10H16N2O/c1-4-12-9(5-6-11-12)10(13)7-8(2)3/h5-6,8H,4,7H2,1-3H3. The van der Waals surface area contributed by atoms with Gasteiger partial charge in [-0.3, -0.25) is 9.48 Å². The minimum Gasteiger partial charge on any atom is -0.292 e. The van der Waals surface area contributed by atoms with E-state index in [2.05, 4.69) is 5.10 Å². The molecule has 0 bridgehead atoms. The Morgan fingerprint density at radius 3 is 2.85 bits per heavy atom. The number of carbonyl (C=O) groups excluding carboxylic acids is 1. The lowest BCUT2D eigenvalue weighted by atomic mass is 10.1. The Labute approximate surface area is 78.8 Å². The number of ketones is 1. The lowest BCUT2D eigenvalue weighted by Gasteiger charge is -2.05. The van der Waals surface area contributed by atoms with Gasteiger partial charge in [-0.25, -0.2) is 0 Å². The molecule has 72 valence electrons. The number of hydrogen-bond donors (Lipinski definition) is 0. The van der Waals surface area contributed by atoms with Crippen LogP contribution in [0.1, 0.15) is 37.7 Å². The molecule has 0 unspecified atom stereocenters. The first kappa shape index (κ1) is 9.96. The molecule has 0 amide bonds. The Balaban J connectivity index is 2.76. The first-order valence-electron chi connectivity index (χ1n) is 4.70. The van der Waals surface area contributed by atoms with Crippen LogP contribution >= 0.6 is 0 Å². The number of aryl methyl sites for hydroxylation is 1. The fourth-order valence-corrected chi connectivity index (χ4v) is 1.30. The van der Waals surface area contributed by atoms with E-state index >= 15 is 0 Å². The molecule has 3 nitrogen and oxygen atoms in total. The highest BCUT2D eigenvalue weighted by Crippen LogP contribution is 2.08. The predicted octanol–water partition coefficient (Wildman–Crippen LogP) is 2.13. The molecule has 3 heteroatoms. The van der Waals surface area contributed by atoms with Crippen LogP contribution in [0.4, 0.5) is 0 Å². The van der Waals surface area contributed by atoms with Crippen LogP contribution < -0.4 is 0 Å². The zero-order chi connectivity index (χ0) is 9.84. The number of carbonyl (C=O) groups is 1. The van der Waals surface area contributed by atoms with Crippen LogP contribution in [0.25, 0.3) is 0 Å². The number of hydrogen-bond acceptors (Lipinski definition) is 2. The molecule has 0 saturated carbocycles. The highest BCUT2D eigenvalue weighted by atomic mass is 16.1. The first-order valence-corrected chi connectivity index (χ1v) is 4.70. The minimum atomic E-state index is 0.189. The molecule has 0 aliphatic heterocycles. The van der Waals surface area contributed by atoms with E-state index in [1.807, 2.05) is 20.8 Å². The van der Waals surface area contributed by atoms with Crippen LogP contribution in [0.15, 0.2) is 12.3 Å². The SMILES string of the molecule is CCn1nccc1C(=O)CC(C)C. The largest absolute Gasteiger partial charge is 0.292 e. The predicted molar refractivity (Wildman–Crippen MR) is 51.7 cm³/mol. The van der Waals surface area contributed by atoms with E-state index < -0.39 is 0 Å². The van der Waals surface area contributed by atoms with Gasteiger partial charge in [0.05, 0.1) is 0 Å². The second kappa shape index (κ2) is 4.21. The topological polar surface area (TPSA) is 34.9 Å². The summed E-state index contributed by atoms with van der Waals surface area (Å²) < 4.78 is 1.74. The highest BCUT2D eigenvalue weighted by Gasteiger charge is 2.11. The second-order valence-corrected chi connectivity index (χ2v) is 3.55. The lowest BCUT2D eigenvalue weighted by molar-refractivity contribution is 0.0957. The molecule has 0 aliphatic carbocycles. The molecule has 1 aromatic rings. The van der Waals surface area contributed by atoms with Gasteiger partial charge in [-0.05, 0) is 18.9 Å². The van der Waals surface area contributed by atoms with Crippen molar-refractivity contribution >= 4 is 5.78 Å². The third-order valence-electron chi connectivity index (χ3n) is 1.90. The second-order valence-electron chi connectivity index (χ2n) is 3.55. The first-order chi connectivity index (χ1) is 6.15. The van der Waals surface area contributed by atoms with Crippen molar-refractivity contribution in [2.45, 2.75) is 33.7 Å². The van der Waals surface area contributed by atoms with Crippen molar-refractivity contribution in [3.05, 3.63) is 18.0 Å². The smallest absolute Gasteiger partial charge is 0.181 e. The van der Waals surface area contributed by atoms with Gasteiger partial charge in [-0.1, -0.05) is 13.8 Å². The number of rotatable bonds is 4. The Bertz CT molecular complexity index is 289. The third kappa shape index (κ3) is 2.41. The molecule has 1 aromatic heterocycles. The molecular weight excluding hydrogens is 164 g/mol. The summed E-state index contributed by atoms with van der Waals surface area (Å²) in [6.07, 6.45) is 2.28. The van der Waals surface area contributed by atoms with Gasteiger partial charge in [0.25, 0.3) is 0 Å². The van der Waals surface area contributed by atoms with Crippen LogP contribution in [-0.2, 0) is 6.54 Å². The van der Waals surface area contributed by atoms with E-state index in [4.69, 9.17) is 0 Å². The van der Waals surface area contributed by atoms with Gasteiger partial charge in [-0.2, -0.15) is 5.10 Å². The van der Waals surface area contributed by atoms with E-state index in [1.54, 1.807) is 16.9 Å². The summed E-state index contributed by atoms with van der Waals surface area (Å²) in [5, 5.41) is 4.06. The monoisotopic (exact) mass is 180 g/mol. The van der Waals surface area contributed by atoms with Gasteiger partial charge in [-0.15, -0.1) is 0 Å². The highest BCUT2D eigenvalue weighted by molar-refractivity contribution is 5.94. The van der Waals surface area contributed by atoms with Crippen molar-refractivity contribution in [3.8, 4) is 0 Å². The quantitative estimate of drug-likeness (QED) is 0.665. The van der Waals surface area contributed by atoms with Crippen LogP contribution in [0.2, 0.25) is 0 Å². The van der Waals surface area contributed by atoms with Crippen molar-refractivity contribution < 1.29 is 4.79 Å². The molecule has 0 aromatic carbocycles. The van der Waals surface area contributed by atoms with Crippen LogP contribution in [0.3, 0.4) is 0 Å². The normalized spacial score (nSPS) is 10.8. The van der Waals surface area contributed by atoms with Crippen molar-refractivity contribution in [1.82, 2.24) is 9.78 Å². The summed E-state index contributed by atoms with van der Waals surface area (Å²) in [7, 11) is 0. The Kier molecular flexibility index (Phi) is 3.23. The number of Topliss-reactive ketones (excluding diaryl/α,β-unsaturated/α-hetero) is 1. The maximum Gasteiger partial charge on any atom is 0.181 e. The molecule has 1 heterocycles. The summed E-state index contributed by atoms with van der Waals surface area (Å²) in [4.78, 5) is 11.6. The van der Waals surface area contributed by atoms with Gasteiger partial charge in [0.2, 0.25) is 0 Å². The maximum absolute atomic E-state index is 11.6. The van der Waals surface area contributed by atoms with Crippen LogP contribution in [0.5, 0.6) is 0 Å². The van der Waals surface area contributed by atoms with Crippen molar-refractivity contribution in [1.29, 1.82) is 0 Å². The average molecular weight is 180 g/mol. The third-order valence-corrected chi connectivity index (χ3v) is 1.90. The molecule has 0 N–H and O–H groups in total.